The van der Waals surface area contributed by atoms with Gasteiger partial charge in [0.1, 0.15) is 5.82 Å². The summed E-state index contributed by atoms with van der Waals surface area (Å²) in [6.45, 7) is 0. The maximum atomic E-state index is 13.6. The Bertz CT molecular complexity index is 664. The van der Waals surface area contributed by atoms with Gasteiger partial charge in [0.2, 0.25) is 0 Å². The Morgan fingerprint density at radius 3 is 2.48 bits per heavy atom. The van der Waals surface area contributed by atoms with Crippen LogP contribution in [0.4, 0.5) is 10.1 Å². The van der Waals surface area contributed by atoms with Gasteiger partial charge in [-0.15, -0.1) is 0 Å². The summed E-state index contributed by atoms with van der Waals surface area (Å²) in [6.07, 6.45) is 0.920. The number of benzene rings is 2. The number of nitro groups is 1. The van der Waals surface area contributed by atoms with E-state index in [2.05, 4.69) is 15.9 Å². The van der Waals surface area contributed by atoms with Crippen molar-refractivity contribution in [1.82, 2.24) is 0 Å². The lowest BCUT2D eigenvalue weighted by Gasteiger charge is -2.13. The van der Waals surface area contributed by atoms with Gasteiger partial charge >= 0.3 is 0 Å². The van der Waals surface area contributed by atoms with E-state index < -0.39 is 4.92 Å². The molecule has 4 nitrogen and oxygen atoms in total. The molecule has 2 rings (SSSR count). The number of nitro benzene ring substituents is 1. The van der Waals surface area contributed by atoms with Crippen molar-refractivity contribution in [3.8, 4) is 0 Å². The molecule has 0 saturated heterocycles. The lowest BCUT2D eigenvalue weighted by Crippen LogP contribution is -2.26. The molecule has 110 valence electrons. The molecule has 0 spiro atoms. The Hall–Kier alpha value is -1.79. The molecule has 1 unspecified atom stereocenters. The third kappa shape index (κ3) is 4.09. The Morgan fingerprint density at radius 1 is 1.19 bits per heavy atom. The first-order chi connectivity index (χ1) is 9.97. The first-order valence-electron chi connectivity index (χ1n) is 6.39. The van der Waals surface area contributed by atoms with Gasteiger partial charge in [0, 0.05) is 22.6 Å². The molecular weight excluding hydrogens is 339 g/mol. The van der Waals surface area contributed by atoms with Crippen molar-refractivity contribution in [1.29, 1.82) is 0 Å². The molecule has 21 heavy (non-hydrogen) atoms. The standard InChI is InChI=1S/C15H14BrFN2O2/c16-14-9-13(19(20)21)6-5-10(14)7-12(18)8-11-3-1-2-4-15(11)17/h1-6,9,12H,7-8,18H2. The van der Waals surface area contributed by atoms with Crippen molar-refractivity contribution in [2.75, 3.05) is 0 Å². The number of non-ortho nitro benzene ring substituents is 1. The van der Waals surface area contributed by atoms with E-state index in [9.17, 15) is 14.5 Å². The second-order valence-electron chi connectivity index (χ2n) is 4.79. The molecular formula is C15H14BrFN2O2. The van der Waals surface area contributed by atoms with Crippen LogP contribution in [0.5, 0.6) is 0 Å². The van der Waals surface area contributed by atoms with Gasteiger partial charge in [-0.25, -0.2) is 4.39 Å². The van der Waals surface area contributed by atoms with E-state index in [0.29, 0.717) is 22.9 Å². The summed E-state index contributed by atoms with van der Waals surface area (Å²) in [6, 6.07) is 10.8. The highest BCUT2D eigenvalue weighted by molar-refractivity contribution is 9.10. The van der Waals surface area contributed by atoms with Gasteiger partial charge in [-0.05, 0) is 30.0 Å². The molecule has 0 aliphatic carbocycles. The van der Waals surface area contributed by atoms with Crippen LogP contribution in [0, 0.1) is 15.9 Å². The second-order valence-corrected chi connectivity index (χ2v) is 5.65. The van der Waals surface area contributed by atoms with Crippen LogP contribution >= 0.6 is 15.9 Å². The molecule has 0 amide bonds. The predicted octanol–water partition coefficient (Wildman–Crippen LogP) is 3.61. The highest BCUT2D eigenvalue weighted by Crippen LogP contribution is 2.24. The van der Waals surface area contributed by atoms with Crippen molar-refractivity contribution in [3.63, 3.8) is 0 Å². The monoisotopic (exact) mass is 352 g/mol. The third-order valence-electron chi connectivity index (χ3n) is 3.17. The Morgan fingerprint density at radius 2 is 1.86 bits per heavy atom. The molecule has 1 atom stereocenters. The molecule has 0 aromatic heterocycles. The summed E-state index contributed by atoms with van der Waals surface area (Å²) < 4.78 is 14.2. The number of nitrogens with zero attached hydrogens (tertiary/aromatic N) is 1. The zero-order chi connectivity index (χ0) is 15.4. The Kier molecular flexibility index (Phi) is 5.03. The summed E-state index contributed by atoms with van der Waals surface area (Å²) in [7, 11) is 0. The number of rotatable bonds is 5. The minimum Gasteiger partial charge on any atom is -0.327 e. The highest BCUT2D eigenvalue weighted by atomic mass is 79.9. The molecule has 0 radical (unpaired) electrons. The summed E-state index contributed by atoms with van der Waals surface area (Å²) in [5.41, 5.74) is 7.51. The Labute approximate surface area is 130 Å². The average molecular weight is 353 g/mol. The van der Waals surface area contributed by atoms with E-state index in [0.717, 1.165) is 5.56 Å². The van der Waals surface area contributed by atoms with Gasteiger partial charge < -0.3 is 5.73 Å². The molecule has 0 fully saturated rings. The zero-order valence-electron chi connectivity index (χ0n) is 11.1. The predicted molar refractivity (Wildman–Crippen MR) is 82.6 cm³/mol. The summed E-state index contributed by atoms with van der Waals surface area (Å²) in [4.78, 5) is 10.2. The van der Waals surface area contributed by atoms with Gasteiger partial charge in [0.25, 0.3) is 5.69 Å². The molecule has 0 aliphatic heterocycles. The summed E-state index contributed by atoms with van der Waals surface area (Å²) >= 11 is 3.31. The van der Waals surface area contributed by atoms with Gasteiger partial charge in [-0.2, -0.15) is 0 Å². The van der Waals surface area contributed by atoms with Crippen LogP contribution in [0.25, 0.3) is 0 Å². The van der Waals surface area contributed by atoms with E-state index in [1.807, 2.05) is 0 Å². The highest BCUT2D eigenvalue weighted by Gasteiger charge is 2.13. The van der Waals surface area contributed by atoms with Crippen molar-refractivity contribution < 1.29 is 9.31 Å². The maximum Gasteiger partial charge on any atom is 0.270 e. The van der Waals surface area contributed by atoms with Crippen molar-refractivity contribution in [3.05, 3.63) is 74.0 Å². The molecule has 0 aliphatic rings. The van der Waals surface area contributed by atoms with Crippen molar-refractivity contribution in [2.45, 2.75) is 18.9 Å². The van der Waals surface area contributed by atoms with Crippen LogP contribution in [0.3, 0.4) is 0 Å². The minimum absolute atomic E-state index is 0.0216. The van der Waals surface area contributed by atoms with E-state index >= 15 is 0 Å². The fourth-order valence-corrected chi connectivity index (χ4v) is 2.64. The quantitative estimate of drug-likeness (QED) is 0.660. The molecule has 0 saturated carbocycles. The maximum absolute atomic E-state index is 13.6. The van der Waals surface area contributed by atoms with Gasteiger partial charge in [-0.3, -0.25) is 10.1 Å². The van der Waals surface area contributed by atoms with Crippen LogP contribution < -0.4 is 5.73 Å². The van der Waals surface area contributed by atoms with Crippen LogP contribution in [-0.2, 0) is 12.8 Å². The van der Waals surface area contributed by atoms with Gasteiger partial charge in [0.05, 0.1) is 4.92 Å². The van der Waals surface area contributed by atoms with E-state index in [1.54, 1.807) is 24.3 Å². The first-order valence-corrected chi connectivity index (χ1v) is 7.18. The molecule has 6 heteroatoms. The fourth-order valence-electron chi connectivity index (χ4n) is 2.12. The van der Waals surface area contributed by atoms with E-state index in [1.165, 1.54) is 18.2 Å². The topological polar surface area (TPSA) is 69.2 Å². The lowest BCUT2D eigenvalue weighted by atomic mass is 9.99. The van der Waals surface area contributed by atoms with E-state index in [4.69, 9.17) is 5.73 Å². The minimum atomic E-state index is -0.451. The average Bonchev–Trinajstić information content (AvgIpc) is 2.43. The molecule has 0 heterocycles. The SMILES string of the molecule is NC(Cc1ccccc1F)Cc1ccc([N+](=O)[O-])cc1Br. The van der Waals surface area contributed by atoms with Gasteiger partial charge in [0.15, 0.2) is 0 Å². The van der Waals surface area contributed by atoms with Crippen LogP contribution in [0.2, 0.25) is 0 Å². The summed E-state index contributed by atoms with van der Waals surface area (Å²) in [5, 5.41) is 10.7. The molecule has 0 bridgehead atoms. The number of halogens is 2. The van der Waals surface area contributed by atoms with Gasteiger partial charge in [-0.1, -0.05) is 40.2 Å². The van der Waals surface area contributed by atoms with Crippen LogP contribution in [0.15, 0.2) is 46.9 Å². The fraction of sp³-hybridized carbons (Fsp3) is 0.200. The normalized spacial score (nSPS) is 12.1. The zero-order valence-corrected chi connectivity index (χ0v) is 12.7. The van der Waals surface area contributed by atoms with Crippen molar-refractivity contribution in [2.24, 2.45) is 5.73 Å². The number of nitrogens with two attached hydrogens (primary N) is 1. The van der Waals surface area contributed by atoms with Crippen LogP contribution in [-0.4, -0.2) is 11.0 Å². The Balaban J connectivity index is 2.08. The molecule has 2 aromatic rings. The van der Waals surface area contributed by atoms with Crippen molar-refractivity contribution >= 4 is 21.6 Å². The smallest absolute Gasteiger partial charge is 0.270 e. The number of hydrogen-bond donors (Lipinski definition) is 1. The summed E-state index contributed by atoms with van der Waals surface area (Å²) in [5.74, 6) is -0.268. The first kappa shape index (κ1) is 15.6. The largest absolute Gasteiger partial charge is 0.327 e. The number of hydrogen-bond acceptors (Lipinski definition) is 3. The van der Waals surface area contributed by atoms with Crippen LogP contribution in [0.1, 0.15) is 11.1 Å². The van der Waals surface area contributed by atoms with E-state index in [-0.39, 0.29) is 17.5 Å². The lowest BCUT2D eigenvalue weighted by molar-refractivity contribution is -0.384. The second kappa shape index (κ2) is 6.78. The molecule has 2 N–H and O–H groups in total. The third-order valence-corrected chi connectivity index (χ3v) is 3.91. The molecule has 2 aromatic carbocycles.